The summed E-state index contributed by atoms with van der Waals surface area (Å²) < 4.78 is 60.2. The minimum atomic E-state index is -4.07. The summed E-state index contributed by atoms with van der Waals surface area (Å²) in [5, 5.41) is 0. The zero-order valence-electron chi connectivity index (χ0n) is 14.9. The number of aromatic nitrogens is 1. The Morgan fingerprint density at radius 1 is 0.962 bits per heavy atom. The van der Waals surface area contributed by atoms with Crippen LogP contribution in [-0.4, -0.2) is 21.6 Å². The van der Waals surface area contributed by atoms with Gasteiger partial charge in [-0.25, -0.2) is 8.78 Å². The summed E-state index contributed by atoms with van der Waals surface area (Å²) in [7, 11) is 0. The van der Waals surface area contributed by atoms with Crippen molar-refractivity contribution < 1.29 is 21.9 Å². The van der Waals surface area contributed by atoms with Gasteiger partial charge in [0.1, 0.15) is 5.71 Å². The molecule has 1 aromatic heterocycles. The topological polar surface area (TPSA) is 7.94 Å². The van der Waals surface area contributed by atoms with Gasteiger partial charge in [0.05, 0.1) is 5.57 Å². The molecule has 2 nitrogen and oxygen atoms in total. The van der Waals surface area contributed by atoms with Crippen LogP contribution in [-0.2, 0) is 0 Å². The number of halogens is 4. The van der Waals surface area contributed by atoms with Gasteiger partial charge in [-0.05, 0) is 55.8 Å². The van der Waals surface area contributed by atoms with Crippen LogP contribution in [0.1, 0.15) is 36.4 Å². The Morgan fingerprint density at radius 3 is 2.31 bits per heavy atom. The molecule has 0 N–H and O–H groups in total. The monoisotopic (exact) mass is 360 g/mol. The molecule has 0 bridgehead atoms. The fraction of sp³-hybridized carbons (Fsp3) is 0.211. The van der Waals surface area contributed by atoms with E-state index in [9.17, 15) is 8.78 Å². The average Bonchev–Trinajstić information content (AvgIpc) is 3.01. The van der Waals surface area contributed by atoms with Crippen molar-refractivity contribution in [3.8, 4) is 0 Å². The lowest BCUT2D eigenvalue weighted by Crippen LogP contribution is -2.51. The van der Waals surface area contributed by atoms with E-state index in [2.05, 4.69) is 0 Å². The molecule has 3 heterocycles. The van der Waals surface area contributed by atoms with E-state index in [1.807, 2.05) is 0 Å². The first kappa shape index (κ1) is 16.9. The minimum absolute atomic E-state index is 0.354. The Bertz CT molecular complexity index is 1070. The van der Waals surface area contributed by atoms with Gasteiger partial charge < -0.3 is 17.6 Å². The largest absolute Gasteiger partial charge is 0.737 e. The van der Waals surface area contributed by atoms with E-state index in [1.165, 1.54) is 6.07 Å². The number of rotatable bonds is 1. The lowest BCUT2D eigenvalue weighted by Gasteiger charge is -2.34. The number of hydrogen-bond acceptors (Lipinski definition) is 0. The van der Waals surface area contributed by atoms with Gasteiger partial charge in [0.2, 0.25) is 0 Å². The second-order valence-electron chi connectivity index (χ2n) is 6.97. The second kappa shape index (κ2) is 5.22. The Morgan fingerprint density at radius 2 is 1.65 bits per heavy atom. The highest BCUT2D eigenvalue weighted by Crippen LogP contribution is 2.44. The molecule has 0 radical (unpaired) electrons. The zero-order chi connectivity index (χ0) is 19.0. The van der Waals surface area contributed by atoms with Crippen molar-refractivity contribution in [2.45, 2.75) is 27.7 Å². The Labute approximate surface area is 148 Å². The van der Waals surface area contributed by atoms with E-state index in [-0.39, 0.29) is 0 Å². The van der Waals surface area contributed by atoms with Crippen LogP contribution in [0.2, 0.25) is 0 Å². The van der Waals surface area contributed by atoms with E-state index in [4.69, 9.17) is 0 Å². The number of fused-ring (bicyclic) bond motifs is 2. The maximum Gasteiger partial charge on any atom is 0.737 e. The van der Waals surface area contributed by atoms with E-state index in [0.29, 0.717) is 45.1 Å². The first-order chi connectivity index (χ1) is 12.1. The fourth-order valence-corrected chi connectivity index (χ4v) is 4.22. The molecule has 0 spiro atoms. The number of allylic oxidation sites excluding steroid dienone is 2. The normalized spacial score (nSPS) is 18.2. The molecule has 0 saturated carbocycles. The molecule has 0 saturated heterocycles. The van der Waals surface area contributed by atoms with Crippen molar-refractivity contribution in [2.75, 3.05) is 0 Å². The molecular formula is C19H17BF4N2. The first-order valence-corrected chi connectivity index (χ1v) is 8.37. The summed E-state index contributed by atoms with van der Waals surface area (Å²) in [6.07, 6.45) is 1.70. The molecule has 1 aromatic carbocycles. The predicted molar refractivity (Wildman–Crippen MR) is 94.4 cm³/mol. The number of aryl methyl sites for hydroxylation is 2. The van der Waals surface area contributed by atoms with Crippen LogP contribution in [0.4, 0.5) is 17.4 Å². The van der Waals surface area contributed by atoms with Crippen LogP contribution in [0.15, 0.2) is 41.6 Å². The van der Waals surface area contributed by atoms with Crippen LogP contribution in [0.3, 0.4) is 0 Å². The molecule has 2 aliphatic heterocycles. The molecule has 0 atom stereocenters. The maximum atomic E-state index is 15.4. The van der Waals surface area contributed by atoms with Crippen molar-refractivity contribution >= 4 is 18.3 Å². The summed E-state index contributed by atoms with van der Waals surface area (Å²) in [5.74, 6) is -1.97. The van der Waals surface area contributed by atoms with Gasteiger partial charge in [0, 0.05) is 24.3 Å². The predicted octanol–water partition coefficient (Wildman–Crippen LogP) is 4.81. The van der Waals surface area contributed by atoms with Crippen LogP contribution in [0.25, 0.3) is 5.57 Å². The van der Waals surface area contributed by atoms with Gasteiger partial charge >= 0.3 is 6.97 Å². The van der Waals surface area contributed by atoms with Crippen molar-refractivity contribution in [3.63, 3.8) is 0 Å². The molecule has 0 amide bonds. The van der Waals surface area contributed by atoms with E-state index in [1.54, 1.807) is 39.8 Å². The highest BCUT2D eigenvalue weighted by molar-refractivity contribution is 6.58. The quantitative estimate of drug-likeness (QED) is 0.509. The Hall–Kier alpha value is -2.57. The minimum Gasteiger partial charge on any atom is -0.393 e. The lowest BCUT2D eigenvalue weighted by atomic mass is 9.84. The summed E-state index contributed by atoms with van der Waals surface area (Å²) in [6.45, 7) is 2.70. The molecule has 0 fully saturated rings. The third-order valence-corrected chi connectivity index (χ3v) is 5.14. The van der Waals surface area contributed by atoms with Crippen molar-refractivity contribution in [3.05, 3.63) is 75.8 Å². The standard InChI is InChI=1S/C19H17BF4N2/c1-10-7-12(3)25-18(10)17(14-5-6-15(21)16(22)9-14)19-11(2)8-13(4)26(19)20(25,23)24/h5-9H,1-4H3. The molecule has 0 unspecified atom stereocenters. The van der Waals surface area contributed by atoms with Crippen molar-refractivity contribution in [1.82, 2.24) is 4.48 Å². The number of nitrogens with zero attached hydrogens (tertiary/aromatic N) is 2. The Balaban J connectivity index is 2.17. The zero-order valence-corrected chi connectivity index (χ0v) is 14.9. The number of benzene rings is 1. The van der Waals surface area contributed by atoms with Crippen LogP contribution >= 0.6 is 0 Å². The molecule has 4 rings (SSSR count). The summed E-state index contributed by atoms with van der Waals surface area (Å²) in [4.78, 5) is 0. The van der Waals surface area contributed by atoms with Crippen LogP contribution < -0.4 is 0 Å². The third kappa shape index (κ3) is 2.03. The fourth-order valence-electron chi connectivity index (χ4n) is 4.22. The lowest BCUT2D eigenvalue weighted by molar-refractivity contribution is -0.363. The van der Waals surface area contributed by atoms with Gasteiger partial charge in [-0.15, -0.1) is 0 Å². The molecular weight excluding hydrogens is 343 g/mol. The van der Waals surface area contributed by atoms with Crippen LogP contribution in [0, 0.1) is 25.5 Å². The van der Waals surface area contributed by atoms with E-state index in [0.717, 1.165) is 21.1 Å². The number of hydrogen-bond donors (Lipinski definition) is 0. The van der Waals surface area contributed by atoms with Crippen molar-refractivity contribution in [1.29, 1.82) is 0 Å². The third-order valence-electron chi connectivity index (χ3n) is 5.14. The molecule has 26 heavy (non-hydrogen) atoms. The SMILES string of the molecule is CC1=CC(C)=[N+]2C1=C(c1ccc(F)c(F)c1)c1c(C)cc(C)n1[B-]2(F)F. The maximum absolute atomic E-state index is 15.4. The molecule has 2 aromatic rings. The molecule has 7 heteroatoms. The Kier molecular flexibility index (Phi) is 3.39. The molecule has 2 aliphatic rings. The molecule has 134 valence electrons. The highest BCUT2D eigenvalue weighted by Gasteiger charge is 2.55. The van der Waals surface area contributed by atoms with Crippen molar-refractivity contribution in [2.24, 2.45) is 0 Å². The van der Waals surface area contributed by atoms with E-state index < -0.39 is 18.6 Å². The highest BCUT2D eigenvalue weighted by atomic mass is 19.2. The van der Waals surface area contributed by atoms with Gasteiger partial charge in [0.25, 0.3) is 0 Å². The van der Waals surface area contributed by atoms with Gasteiger partial charge in [0.15, 0.2) is 17.3 Å². The summed E-state index contributed by atoms with van der Waals surface area (Å²) >= 11 is 0. The summed E-state index contributed by atoms with van der Waals surface area (Å²) in [5.41, 5.74) is 3.78. The van der Waals surface area contributed by atoms with Crippen LogP contribution in [0.5, 0.6) is 0 Å². The average molecular weight is 360 g/mol. The summed E-state index contributed by atoms with van der Waals surface area (Å²) in [6, 6.07) is 5.23. The van der Waals surface area contributed by atoms with Gasteiger partial charge in [-0.2, -0.15) is 0 Å². The second-order valence-corrected chi connectivity index (χ2v) is 6.97. The van der Waals surface area contributed by atoms with Gasteiger partial charge in [-0.3, -0.25) is 0 Å². The first-order valence-electron chi connectivity index (χ1n) is 8.37. The smallest absolute Gasteiger partial charge is 0.393 e. The molecule has 0 aliphatic carbocycles. The van der Waals surface area contributed by atoms with Gasteiger partial charge in [-0.1, -0.05) is 6.07 Å². The van der Waals surface area contributed by atoms with E-state index >= 15 is 8.63 Å².